The third kappa shape index (κ3) is 2.34. The summed E-state index contributed by atoms with van der Waals surface area (Å²) in [4.78, 5) is 24.4. The fourth-order valence-electron chi connectivity index (χ4n) is 1.39. The first kappa shape index (κ1) is 12.5. The molecule has 0 aliphatic heterocycles. The van der Waals surface area contributed by atoms with Crippen LogP contribution in [0.4, 0.5) is 5.69 Å². The highest BCUT2D eigenvalue weighted by Gasteiger charge is 2.19. The lowest BCUT2D eigenvalue weighted by Crippen LogP contribution is -1.98. The van der Waals surface area contributed by atoms with Crippen LogP contribution >= 0.6 is 0 Å². The molecule has 0 bridgehead atoms. The number of rotatable bonds is 4. The first-order valence-electron chi connectivity index (χ1n) is 4.92. The number of nitrogens with zero attached hydrogens (tertiary/aromatic N) is 3. The summed E-state index contributed by atoms with van der Waals surface area (Å²) < 4.78 is 9.62. The molecule has 1 heterocycles. The van der Waals surface area contributed by atoms with Crippen molar-refractivity contribution in [2.24, 2.45) is 0 Å². The average molecular weight is 265 g/mol. The summed E-state index contributed by atoms with van der Waals surface area (Å²) in [6.45, 7) is 0. The molecular weight excluding hydrogens is 258 g/mol. The Morgan fingerprint density at radius 1 is 1.53 bits per heavy atom. The Hall–Kier alpha value is -2.97. The molecule has 0 amide bonds. The zero-order valence-corrected chi connectivity index (χ0v) is 9.56. The molecule has 1 aromatic carbocycles. The van der Waals surface area contributed by atoms with Crippen LogP contribution in [0.2, 0.25) is 0 Å². The molecule has 0 aliphatic rings. The standard InChI is InChI=1S/C10H7N3O6/c1-18-7-4-5(2-3-6(7)13(16)17)9-11-8(10(14)15)12-19-9/h2-4H,1H3,(H,14,15). The molecule has 2 rings (SSSR count). The van der Waals surface area contributed by atoms with Crippen LogP contribution < -0.4 is 4.74 Å². The van der Waals surface area contributed by atoms with E-state index in [4.69, 9.17) is 14.4 Å². The molecule has 98 valence electrons. The van der Waals surface area contributed by atoms with Crippen LogP contribution in [0, 0.1) is 10.1 Å². The second-order valence-corrected chi connectivity index (χ2v) is 3.37. The van der Waals surface area contributed by atoms with E-state index in [0.717, 1.165) is 0 Å². The van der Waals surface area contributed by atoms with E-state index in [0.29, 0.717) is 5.56 Å². The third-order valence-corrected chi connectivity index (χ3v) is 2.24. The van der Waals surface area contributed by atoms with Crippen molar-refractivity contribution in [1.82, 2.24) is 10.1 Å². The Kier molecular flexibility index (Phi) is 3.10. The van der Waals surface area contributed by atoms with Gasteiger partial charge in [-0.1, -0.05) is 0 Å². The number of hydrogen-bond donors (Lipinski definition) is 1. The van der Waals surface area contributed by atoms with E-state index in [1.807, 2.05) is 0 Å². The minimum atomic E-state index is -1.33. The Morgan fingerprint density at radius 2 is 2.26 bits per heavy atom. The van der Waals surface area contributed by atoms with Gasteiger partial charge in [-0.3, -0.25) is 10.1 Å². The van der Waals surface area contributed by atoms with Crippen molar-refractivity contribution >= 4 is 11.7 Å². The fourth-order valence-corrected chi connectivity index (χ4v) is 1.39. The summed E-state index contributed by atoms with van der Waals surface area (Å²) in [6, 6.07) is 3.88. The van der Waals surface area contributed by atoms with E-state index in [1.54, 1.807) is 0 Å². The lowest BCUT2D eigenvalue weighted by molar-refractivity contribution is -0.385. The summed E-state index contributed by atoms with van der Waals surface area (Å²) in [6.07, 6.45) is 0. The second-order valence-electron chi connectivity index (χ2n) is 3.37. The monoisotopic (exact) mass is 265 g/mol. The third-order valence-electron chi connectivity index (χ3n) is 2.24. The molecule has 0 atom stereocenters. The van der Waals surface area contributed by atoms with Gasteiger partial charge in [-0.15, -0.1) is 0 Å². The molecule has 0 fully saturated rings. The minimum Gasteiger partial charge on any atom is -0.490 e. The van der Waals surface area contributed by atoms with E-state index < -0.39 is 16.7 Å². The van der Waals surface area contributed by atoms with Crippen molar-refractivity contribution in [2.75, 3.05) is 7.11 Å². The number of hydrogen-bond acceptors (Lipinski definition) is 7. The van der Waals surface area contributed by atoms with Crippen molar-refractivity contribution in [3.05, 3.63) is 34.1 Å². The van der Waals surface area contributed by atoms with E-state index >= 15 is 0 Å². The Morgan fingerprint density at radius 3 is 2.79 bits per heavy atom. The highest BCUT2D eigenvalue weighted by molar-refractivity contribution is 5.83. The van der Waals surface area contributed by atoms with Crippen molar-refractivity contribution in [3.8, 4) is 17.2 Å². The topological polar surface area (TPSA) is 129 Å². The molecule has 9 heteroatoms. The number of nitro groups is 1. The highest BCUT2D eigenvalue weighted by Crippen LogP contribution is 2.31. The lowest BCUT2D eigenvalue weighted by atomic mass is 10.2. The molecule has 0 saturated carbocycles. The quantitative estimate of drug-likeness (QED) is 0.647. The number of ether oxygens (including phenoxy) is 1. The molecule has 2 aromatic rings. The summed E-state index contributed by atoms with van der Waals surface area (Å²) in [5.74, 6) is -1.88. The smallest absolute Gasteiger partial charge is 0.377 e. The van der Waals surface area contributed by atoms with Gasteiger partial charge in [0.05, 0.1) is 12.0 Å². The number of aromatic nitrogens is 2. The zero-order valence-electron chi connectivity index (χ0n) is 9.56. The Labute approximate surface area is 105 Å². The minimum absolute atomic E-state index is 0.0116. The van der Waals surface area contributed by atoms with Crippen LogP contribution in [0.3, 0.4) is 0 Å². The van der Waals surface area contributed by atoms with Gasteiger partial charge in [-0.25, -0.2) is 4.79 Å². The number of carboxylic acids is 1. The lowest BCUT2D eigenvalue weighted by Gasteiger charge is -2.02. The van der Waals surface area contributed by atoms with Crippen molar-refractivity contribution < 1.29 is 24.1 Å². The van der Waals surface area contributed by atoms with Crippen LogP contribution in [0.25, 0.3) is 11.5 Å². The number of carboxylic acid groups (broad SMARTS) is 1. The molecular formula is C10H7N3O6. The largest absolute Gasteiger partial charge is 0.490 e. The second kappa shape index (κ2) is 4.72. The molecule has 0 saturated heterocycles. The number of carbonyl (C=O) groups is 1. The van der Waals surface area contributed by atoms with Crippen molar-refractivity contribution in [3.63, 3.8) is 0 Å². The van der Waals surface area contributed by atoms with Crippen LogP contribution in [0.15, 0.2) is 22.7 Å². The molecule has 0 unspecified atom stereocenters. The van der Waals surface area contributed by atoms with E-state index in [9.17, 15) is 14.9 Å². The first-order valence-corrected chi connectivity index (χ1v) is 4.92. The summed E-state index contributed by atoms with van der Waals surface area (Å²) in [5, 5.41) is 22.6. The van der Waals surface area contributed by atoms with Gasteiger partial charge in [-0.2, -0.15) is 4.98 Å². The summed E-state index contributed by atoms with van der Waals surface area (Å²) in [7, 11) is 1.28. The van der Waals surface area contributed by atoms with Crippen LogP contribution in [-0.2, 0) is 0 Å². The number of aromatic carboxylic acids is 1. The van der Waals surface area contributed by atoms with Gasteiger partial charge in [0, 0.05) is 17.7 Å². The Balaban J connectivity index is 2.45. The number of benzene rings is 1. The first-order chi connectivity index (χ1) is 9.02. The fraction of sp³-hybridized carbons (Fsp3) is 0.100. The van der Waals surface area contributed by atoms with Gasteiger partial charge < -0.3 is 14.4 Å². The average Bonchev–Trinajstić information content (AvgIpc) is 2.87. The maximum Gasteiger partial charge on any atom is 0.377 e. The van der Waals surface area contributed by atoms with Gasteiger partial charge in [0.2, 0.25) is 0 Å². The predicted octanol–water partition coefficient (Wildman–Crippen LogP) is 1.35. The maximum atomic E-state index is 10.7. The number of nitro benzene ring substituents is 1. The van der Waals surface area contributed by atoms with Gasteiger partial charge in [0.1, 0.15) is 0 Å². The van der Waals surface area contributed by atoms with Gasteiger partial charge in [0.15, 0.2) is 5.75 Å². The Bertz CT molecular complexity index is 650. The molecule has 0 spiro atoms. The highest BCUT2D eigenvalue weighted by atomic mass is 16.6. The molecule has 0 radical (unpaired) electrons. The zero-order chi connectivity index (χ0) is 14.0. The van der Waals surface area contributed by atoms with E-state index in [2.05, 4.69) is 10.1 Å². The molecule has 1 N–H and O–H groups in total. The molecule has 9 nitrogen and oxygen atoms in total. The van der Waals surface area contributed by atoms with Crippen molar-refractivity contribution in [1.29, 1.82) is 0 Å². The molecule has 19 heavy (non-hydrogen) atoms. The SMILES string of the molecule is COc1cc(-c2nc(C(=O)O)no2)ccc1[N+](=O)[O-]. The normalized spacial score (nSPS) is 10.2. The molecule has 0 aliphatic carbocycles. The molecule has 1 aromatic heterocycles. The summed E-state index contributed by atoms with van der Waals surface area (Å²) in [5.41, 5.74) is 0.103. The maximum absolute atomic E-state index is 10.7. The van der Waals surface area contributed by atoms with Crippen LogP contribution in [-0.4, -0.2) is 33.2 Å². The van der Waals surface area contributed by atoms with Gasteiger partial charge >= 0.3 is 11.7 Å². The van der Waals surface area contributed by atoms with E-state index in [1.165, 1.54) is 25.3 Å². The van der Waals surface area contributed by atoms with E-state index in [-0.39, 0.29) is 17.3 Å². The summed E-state index contributed by atoms with van der Waals surface area (Å²) >= 11 is 0. The van der Waals surface area contributed by atoms with Crippen LogP contribution in [0.5, 0.6) is 5.75 Å². The van der Waals surface area contributed by atoms with Gasteiger partial charge in [0.25, 0.3) is 11.7 Å². The number of methoxy groups -OCH3 is 1. The van der Waals surface area contributed by atoms with Gasteiger partial charge in [-0.05, 0) is 11.2 Å². The van der Waals surface area contributed by atoms with Crippen molar-refractivity contribution in [2.45, 2.75) is 0 Å². The predicted molar refractivity (Wildman–Crippen MR) is 59.9 cm³/mol. The van der Waals surface area contributed by atoms with Crippen LogP contribution in [0.1, 0.15) is 10.6 Å².